The van der Waals surface area contributed by atoms with Gasteiger partial charge in [-0.25, -0.2) is 0 Å². The van der Waals surface area contributed by atoms with Crippen LogP contribution >= 0.6 is 0 Å². The molecule has 0 N–H and O–H groups in total. The van der Waals surface area contributed by atoms with Gasteiger partial charge in [-0.05, 0) is 17.2 Å². The number of hydrogen-bond acceptors (Lipinski definition) is 0. The molecule has 0 atom stereocenters. The Morgan fingerprint density at radius 3 is 1.57 bits per heavy atom. The largest absolute Gasteiger partial charge is 0.154 e. The van der Waals surface area contributed by atoms with E-state index in [1.807, 2.05) is 0 Å². The fourth-order valence-electron chi connectivity index (χ4n) is 2.87. The van der Waals surface area contributed by atoms with E-state index in [-0.39, 0.29) is 0 Å². The van der Waals surface area contributed by atoms with Crippen molar-refractivity contribution in [1.29, 1.82) is 0 Å². The standard InChI is InChI=1S/C22H21Si/c1-2-12-22(19-13-6-3-7-14-19)23(20-15-8-4-9-16-20)21-17-10-5-11-18-21/h3-18H,2H2,1H3/b22-12+. The molecule has 0 aliphatic rings. The van der Waals surface area contributed by atoms with Gasteiger partial charge in [0.15, 0.2) is 8.80 Å². The van der Waals surface area contributed by atoms with E-state index >= 15 is 0 Å². The van der Waals surface area contributed by atoms with Crippen LogP contribution in [0.25, 0.3) is 5.20 Å². The first-order valence-electron chi connectivity index (χ1n) is 8.14. The minimum Gasteiger partial charge on any atom is -0.0844 e. The Kier molecular flexibility index (Phi) is 5.23. The zero-order chi connectivity index (χ0) is 15.9. The van der Waals surface area contributed by atoms with Gasteiger partial charge in [-0.15, -0.1) is 0 Å². The highest BCUT2D eigenvalue weighted by molar-refractivity contribution is 6.99. The zero-order valence-electron chi connectivity index (χ0n) is 13.4. The van der Waals surface area contributed by atoms with Crippen molar-refractivity contribution in [1.82, 2.24) is 0 Å². The van der Waals surface area contributed by atoms with Gasteiger partial charge in [-0.3, -0.25) is 0 Å². The predicted molar refractivity (Wildman–Crippen MR) is 103 cm³/mol. The molecule has 0 aliphatic heterocycles. The zero-order valence-corrected chi connectivity index (χ0v) is 14.4. The molecular weight excluding hydrogens is 292 g/mol. The Bertz CT molecular complexity index is 706. The van der Waals surface area contributed by atoms with Crippen molar-refractivity contribution >= 4 is 24.4 Å². The third-order valence-electron chi connectivity index (χ3n) is 3.89. The van der Waals surface area contributed by atoms with Crippen molar-refractivity contribution in [2.75, 3.05) is 0 Å². The number of rotatable bonds is 5. The van der Waals surface area contributed by atoms with Crippen LogP contribution in [0.1, 0.15) is 18.9 Å². The first-order chi connectivity index (χ1) is 11.4. The maximum absolute atomic E-state index is 2.41. The van der Waals surface area contributed by atoms with E-state index in [2.05, 4.69) is 104 Å². The Hall–Kier alpha value is -2.38. The number of hydrogen-bond donors (Lipinski definition) is 0. The Morgan fingerprint density at radius 2 is 1.13 bits per heavy atom. The fourth-order valence-corrected chi connectivity index (χ4v) is 5.74. The molecule has 0 heterocycles. The summed E-state index contributed by atoms with van der Waals surface area (Å²) >= 11 is 0. The van der Waals surface area contributed by atoms with Crippen LogP contribution in [0.3, 0.4) is 0 Å². The molecule has 3 aromatic carbocycles. The second kappa shape index (κ2) is 7.75. The molecule has 1 radical (unpaired) electrons. The van der Waals surface area contributed by atoms with Gasteiger partial charge in [-0.2, -0.15) is 0 Å². The molecule has 0 aromatic heterocycles. The molecule has 3 aromatic rings. The molecule has 0 spiro atoms. The van der Waals surface area contributed by atoms with Crippen LogP contribution in [-0.2, 0) is 0 Å². The van der Waals surface area contributed by atoms with Crippen molar-refractivity contribution in [3.8, 4) is 0 Å². The molecule has 0 bridgehead atoms. The quantitative estimate of drug-likeness (QED) is 0.615. The van der Waals surface area contributed by atoms with E-state index < -0.39 is 8.80 Å². The first-order valence-corrected chi connectivity index (χ1v) is 9.64. The lowest BCUT2D eigenvalue weighted by atomic mass is 10.2. The summed E-state index contributed by atoms with van der Waals surface area (Å²) in [5.41, 5.74) is 1.34. The van der Waals surface area contributed by atoms with Crippen molar-refractivity contribution < 1.29 is 0 Å². The highest BCUT2D eigenvalue weighted by atomic mass is 28.3. The van der Waals surface area contributed by atoms with Gasteiger partial charge < -0.3 is 0 Å². The minimum absolute atomic E-state index is 0.992. The molecule has 0 saturated heterocycles. The fraction of sp³-hybridized carbons (Fsp3) is 0.0909. The molecule has 0 saturated carbocycles. The smallest absolute Gasteiger partial charge is 0.0844 e. The highest BCUT2D eigenvalue weighted by Gasteiger charge is 2.22. The summed E-state index contributed by atoms with van der Waals surface area (Å²) in [6.45, 7) is 2.22. The highest BCUT2D eigenvalue weighted by Crippen LogP contribution is 2.18. The average Bonchev–Trinajstić information content (AvgIpc) is 2.64. The summed E-state index contributed by atoms with van der Waals surface area (Å²) in [5, 5.41) is 4.36. The molecule has 1 heteroatoms. The van der Waals surface area contributed by atoms with Crippen LogP contribution < -0.4 is 10.4 Å². The third-order valence-corrected chi connectivity index (χ3v) is 6.74. The van der Waals surface area contributed by atoms with Crippen LogP contribution in [0, 0.1) is 0 Å². The van der Waals surface area contributed by atoms with Gasteiger partial charge in [0.25, 0.3) is 0 Å². The Morgan fingerprint density at radius 1 is 0.696 bits per heavy atom. The summed E-state index contributed by atoms with van der Waals surface area (Å²) in [4.78, 5) is 0. The van der Waals surface area contributed by atoms with Gasteiger partial charge in [-0.1, -0.05) is 114 Å². The van der Waals surface area contributed by atoms with Crippen molar-refractivity contribution in [3.63, 3.8) is 0 Å². The van der Waals surface area contributed by atoms with Gasteiger partial charge >= 0.3 is 0 Å². The third kappa shape index (κ3) is 3.69. The normalized spacial score (nSPS) is 11.7. The summed E-state index contributed by atoms with van der Waals surface area (Å²) in [6.07, 6.45) is 3.46. The molecule has 0 unspecified atom stereocenters. The summed E-state index contributed by atoms with van der Waals surface area (Å²) < 4.78 is 0. The average molecular weight is 313 g/mol. The monoisotopic (exact) mass is 313 g/mol. The molecule has 0 aliphatic carbocycles. The van der Waals surface area contributed by atoms with Gasteiger partial charge in [0, 0.05) is 0 Å². The molecule has 23 heavy (non-hydrogen) atoms. The van der Waals surface area contributed by atoms with E-state index in [1.165, 1.54) is 21.1 Å². The molecule has 0 fully saturated rings. The van der Waals surface area contributed by atoms with Crippen molar-refractivity contribution in [2.24, 2.45) is 0 Å². The second-order valence-corrected chi connectivity index (χ2v) is 7.94. The molecule has 3 rings (SSSR count). The first kappa shape index (κ1) is 15.5. The second-order valence-electron chi connectivity index (χ2n) is 5.50. The SMILES string of the molecule is CC/C=C(\c1ccccc1)[Si](c1ccccc1)c1ccccc1. The lowest BCUT2D eigenvalue weighted by molar-refractivity contribution is 1.23. The van der Waals surface area contributed by atoms with E-state index in [1.54, 1.807) is 0 Å². The lowest BCUT2D eigenvalue weighted by Gasteiger charge is -2.20. The minimum atomic E-state index is -0.992. The molecule has 0 nitrogen and oxygen atoms in total. The predicted octanol–water partition coefficient (Wildman–Crippen LogP) is 4.33. The van der Waals surface area contributed by atoms with E-state index in [0.717, 1.165) is 6.42 Å². The van der Waals surface area contributed by atoms with Crippen LogP contribution in [0.4, 0.5) is 0 Å². The summed E-state index contributed by atoms with van der Waals surface area (Å²) in [7, 11) is -0.992. The maximum atomic E-state index is 2.41. The van der Waals surface area contributed by atoms with Crippen LogP contribution in [0.15, 0.2) is 97.1 Å². The van der Waals surface area contributed by atoms with Crippen molar-refractivity contribution in [2.45, 2.75) is 13.3 Å². The van der Waals surface area contributed by atoms with E-state index in [9.17, 15) is 0 Å². The molecule has 113 valence electrons. The summed E-state index contributed by atoms with van der Waals surface area (Å²) in [5.74, 6) is 0. The number of benzene rings is 3. The molecular formula is C22H21Si. The van der Waals surface area contributed by atoms with Crippen LogP contribution in [0.5, 0.6) is 0 Å². The van der Waals surface area contributed by atoms with Crippen molar-refractivity contribution in [3.05, 3.63) is 103 Å². The van der Waals surface area contributed by atoms with Crippen LogP contribution in [0.2, 0.25) is 0 Å². The van der Waals surface area contributed by atoms with E-state index in [4.69, 9.17) is 0 Å². The maximum Gasteiger partial charge on any atom is 0.154 e. The Labute approximate surface area is 140 Å². The van der Waals surface area contributed by atoms with E-state index in [0.29, 0.717) is 0 Å². The topological polar surface area (TPSA) is 0 Å². The lowest BCUT2D eigenvalue weighted by Crippen LogP contribution is -2.43. The Balaban J connectivity index is 2.16. The van der Waals surface area contributed by atoms with Gasteiger partial charge in [0.05, 0.1) is 0 Å². The van der Waals surface area contributed by atoms with Crippen LogP contribution in [-0.4, -0.2) is 8.80 Å². The molecule has 0 amide bonds. The number of allylic oxidation sites excluding steroid dienone is 1. The van der Waals surface area contributed by atoms with Gasteiger partial charge in [0.2, 0.25) is 0 Å². The summed E-state index contributed by atoms with van der Waals surface area (Å²) in [6, 6.07) is 32.7. The van der Waals surface area contributed by atoms with Gasteiger partial charge in [0.1, 0.15) is 0 Å².